The van der Waals surface area contributed by atoms with Gasteiger partial charge in [0.1, 0.15) is 12.9 Å². The van der Waals surface area contributed by atoms with Crippen molar-refractivity contribution in [3.05, 3.63) is 6.33 Å². The van der Waals surface area contributed by atoms with Crippen LogP contribution in [-0.4, -0.2) is 20.8 Å². The van der Waals surface area contributed by atoms with E-state index >= 15 is 0 Å². The number of hydrogen-bond acceptors (Lipinski definition) is 2. The zero-order chi connectivity index (χ0) is 18.4. The molecule has 27 heavy (non-hydrogen) atoms. The number of carbonyl (C=O) groups excluding carboxylic acids is 1. The number of carbonyl (C=O) groups is 1. The molecule has 0 spiro atoms. The second kappa shape index (κ2) is 5.51. The molecule has 5 fully saturated rings. The van der Waals surface area contributed by atoms with Crippen LogP contribution in [0.15, 0.2) is 6.33 Å². The Hall–Kier alpha value is -1.06. The molecule has 4 heteroatoms. The Kier molecular flexibility index (Phi) is 3.44. The van der Waals surface area contributed by atoms with Gasteiger partial charge in [0.2, 0.25) is 0 Å². The first kappa shape index (κ1) is 16.9. The Morgan fingerprint density at radius 2 is 1.96 bits per heavy atom. The molecule has 6 rings (SSSR count). The summed E-state index contributed by atoms with van der Waals surface area (Å²) in [4.78, 5) is 15.1. The molecule has 5 saturated carbocycles. The number of H-pyrrole nitrogens is 1. The highest BCUT2D eigenvalue weighted by Gasteiger charge is 2.77. The summed E-state index contributed by atoms with van der Waals surface area (Å²) in [5.41, 5.74) is 0.257. The lowest BCUT2D eigenvalue weighted by Gasteiger charge is -2.57. The molecule has 4 nitrogen and oxygen atoms in total. The Labute approximate surface area is 162 Å². The third-order valence-corrected chi connectivity index (χ3v) is 10.5. The average Bonchev–Trinajstić information content (AvgIpc) is 3.30. The zero-order valence-corrected chi connectivity index (χ0v) is 17.0. The van der Waals surface area contributed by atoms with E-state index < -0.39 is 0 Å². The topological polar surface area (TPSA) is 50.7 Å². The fourth-order valence-corrected chi connectivity index (χ4v) is 9.18. The van der Waals surface area contributed by atoms with Crippen molar-refractivity contribution in [3.63, 3.8) is 0 Å². The smallest absolute Gasteiger partial charge is 0.163 e. The van der Waals surface area contributed by atoms with Crippen LogP contribution in [-0.2, 0) is 11.3 Å². The highest BCUT2D eigenvalue weighted by molar-refractivity contribution is 5.89. The maximum atomic E-state index is 13.3. The summed E-state index contributed by atoms with van der Waals surface area (Å²) in [5, 5.41) is 7.17. The number of aromatic amines is 1. The molecule has 0 aliphatic heterocycles. The minimum Gasteiger partial charge on any atom is -0.297 e. The Morgan fingerprint density at radius 3 is 2.74 bits per heavy atom. The molecular formula is C23H35N3O. The molecule has 148 valence electrons. The van der Waals surface area contributed by atoms with Gasteiger partial charge >= 0.3 is 0 Å². The molecule has 1 unspecified atom stereocenters. The molecule has 1 aromatic rings. The van der Waals surface area contributed by atoms with E-state index in [9.17, 15) is 4.79 Å². The highest BCUT2D eigenvalue weighted by atomic mass is 16.1. The zero-order valence-electron chi connectivity index (χ0n) is 17.0. The standard InChI is InChI=1S/C23H35N3O/c1-14-3-5-17-15(9-14)4-6-19-18(17)7-8-22(2)20(19)10-16-11-23(16,22)21(27)12-26-24-13-25-26/h13-20H,3-12H2,1-2H3,(H,24,25)/t14-,15+,16?,17-,18+,19+,20-,22-,23+/m0/s1. The molecule has 0 saturated heterocycles. The molecule has 9 atom stereocenters. The summed E-state index contributed by atoms with van der Waals surface area (Å²) >= 11 is 0. The van der Waals surface area contributed by atoms with Crippen molar-refractivity contribution in [3.8, 4) is 0 Å². The highest BCUT2D eigenvalue weighted by Crippen LogP contribution is 2.80. The van der Waals surface area contributed by atoms with Crippen molar-refractivity contribution < 1.29 is 4.79 Å². The van der Waals surface area contributed by atoms with E-state index in [1.54, 1.807) is 11.1 Å². The predicted octanol–water partition coefficient (Wildman–Crippen LogP) is 4.69. The number of Topliss-reactive ketones (excluding diaryl/α,β-unsaturated/α-hetero) is 1. The predicted molar refractivity (Wildman–Crippen MR) is 104 cm³/mol. The molecule has 5 aliphatic carbocycles. The number of nitrogens with one attached hydrogen (secondary N) is 1. The van der Waals surface area contributed by atoms with Gasteiger partial charge in [-0.05, 0) is 98.2 Å². The van der Waals surface area contributed by atoms with Crippen molar-refractivity contribution >= 4 is 5.78 Å². The first-order chi connectivity index (χ1) is 13.0. The van der Waals surface area contributed by atoms with E-state index in [0.29, 0.717) is 18.2 Å². The minimum absolute atomic E-state index is 0.00659. The Morgan fingerprint density at radius 1 is 1.15 bits per heavy atom. The van der Waals surface area contributed by atoms with Crippen molar-refractivity contribution in [1.29, 1.82) is 0 Å². The van der Waals surface area contributed by atoms with Crippen LogP contribution in [0.3, 0.4) is 0 Å². The van der Waals surface area contributed by atoms with Gasteiger partial charge in [0.15, 0.2) is 5.78 Å². The molecule has 0 aromatic carbocycles. The van der Waals surface area contributed by atoms with Crippen molar-refractivity contribution in [1.82, 2.24) is 15.0 Å². The van der Waals surface area contributed by atoms with Gasteiger partial charge in [-0.3, -0.25) is 9.89 Å². The van der Waals surface area contributed by atoms with Crippen molar-refractivity contribution in [2.45, 2.75) is 78.2 Å². The van der Waals surface area contributed by atoms with Gasteiger partial charge in [-0.2, -0.15) is 4.80 Å². The summed E-state index contributed by atoms with van der Waals surface area (Å²) in [7, 11) is 0. The van der Waals surface area contributed by atoms with Gasteiger partial charge in [0.25, 0.3) is 0 Å². The van der Waals surface area contributed by atoms with Gasteiger partial charge in [0, 0.05) is 5.41 Å². The number of fused-ring (bicyclic) bond motifs is 7. The monoisotopic (exact) mass is 369 g/mol. The Bertz CT molecular complexity index is 742. The van der Waals surface area contributed by atoms with Crippen LogP contribution in [0, 0.1) is 52.3 Å². The third kappa shape index (κ3) is 2.11. The van der Waals surface area contributed by atoms with Gasteiger partial charge in [-0.25, -0.2) is 0 Å². The van der Waals surface area contributed by atoms with E-state index in [1.807, 2.05) is 0 Å². The van der Waals surface area contributed by atoms with Crippen LogP contribution in [0.2, 0.25) is 0 Å². The van der Waals surface area contributed by atoms with Gasteiger partial charge in [0.05, 0.1) is 0 Å². The van der Waals surface area contributed by atoms with Crippen LogP contribution < -0.4 is 0 Å². The van der Waals surface area contributed by atoms with E-state index in [4.69, 9.17) is 0 Å². The molecule has 5 aliphatic rings. The number of rotatable bonds is 3. The molecule has 0 bridgehead atoms. The lowest BCUT2D eigenvalue weighted by molar-refractivity contribution is -0.137. The molecular weight excluding hydrogens is 334 g/mol. The fraction of sp³-hybridized carbons (Fsp3) is 0.913. The quantitative estimate of drug-likeness (QED) is 0.840. The number of hydrogen-bond donors (Lipinski definition) is 1. The fourth-order valence-electron chi connectivity index (χ4n) is 9.18. The second-order valence-corrected chi connectivity index (χ2v) is 11.3. The third-order valence-electron chi connectivity index (χ3n) is 10.5. The van der Waals surface area contributed by atoms with Gasteiger partial charge in [-0.15, -0.1) is 5.10 Å². The van der Waals surface area contributed by atoms with Gasteiger partial charge < -0.3 is 0 Å². The number of ketones is 1. The summed E-state index contributed by atoms with van der Waals surface area (Å²) in [6.45, 7) is 5.45. The van der Waals surface area contributed by atoms with Crippen LogP contribution >= 0.6 is 0 Å². The molecule has 1 aromatic heterocycles. The lowest BCUT2D eigenvalue weighted by Crippen LogP contribution is -2.51. The van der Waals surface area contributed by atoms with Crippen LogP contribution in [0.25, 0.3) is 0 Å². The maximum absolute atomic E-state index is 13.3. The van der Waals surface area contributed by atoms with Crippen LogP contribution in [0.5, 0.6) is 0 Å². The van der Waals surface area contributed by atoms with Crippen LogP contribution in [0.1, 0.15) is 71.6 Å². The number of nitrogens with zero attached hydrogens (tertiary/aromatic N) is 2. The SMILES string of the molecule is C[C@H]1CC[C@H]2[C@H](CC[C@@H]3[C@@H]2CC[C@@]2(C)[C@H]3CC3C[C@]32C(=O)Cn2nc[nH]2)C1. The van der Waals surface area contributed by atoms with Crippen LogP contribution in [0.4, 0.5) is 0 Å². The molecule has 0 radical (unpaired) electrons. The lowest BCUT2D eigenvalue weighted by atomic mass is 9.47. The minimum atomic E-state index is -0.00659. The normalized spacial score (nSPS) is 53.2. The molecule has 0 amide bonds. The van der Waals surface area contributed by atoms with Gasteiger partial charge in [-0.1, -0.05) is 20.3 Å². The summed E-state index contributed by atoms with van der Waals surface area (Å²) in [5.74, 6) is 6.82. The van der Waals surface area contributed by atoms with E-state index in [1.165, 1.54) is 51.4 Å². The number of aromatic nitrogens is 3. The average molecular weight is 370 g/mol. The summed E-state index contributed by atoms with van der Waals surface area (Å²) < 4.78 is 0. The summed E-state index contributed by atoms with van der Waals surface area (Å²) in [6, 6.07) is 0. The first-order valence-electron chi connectivity index (χ1n) is 11.6. The first-order valence-corrected chi connectivity index (χ1v) is 11.6. The molecule has 1 N–H and O–H groups in total. The van der Waals surface area contributed by atoms with E-state index in [-0.39, 0.29) is 10.8 Å². The maximum Gasteiger partial charge on any atom is 0.163 e. The van der Waals surface area contributed by atoms with E-state index in [0.717, 1.165) is 41.9 Å². The largest absolute Gasteiger partial charge is 0.297 e. The molecule has 1 heterocycles. The second-order valence-electron chi connectivity index (χ2n) is 11.3. The Balaban J connectivity index is 1.26. The summed E-state index contributed by atoms with van der Waals surface area (Å²) in [6.07, 6.45) is 14.2. The van der Waals surface area contributed by atoms with E-state index in [2.05, 4.69) is 24.0 Å². The van der Waals surface area contributed by atoms with Crippen molar-refractivity contribution in [2.75, 3.05) is 0 Å². The van der Waals surface area contributed by atoms with Crippen molar-refractivity contribution in [2.24, 2.45) is 52.3 Å².